The van der Waals surface area contributed by atoms with Crippen molar-refractivity contribution in [1.29, 1.82) is 0 Å². The summed E-state index contributed by atoms with van der Waals surface area (Å²) in [5.74, 6) is 0.0216. The van der Waals surface area contributed by atoms with Gasteiger partial charge in [-0.15, -0.1) is 0 Å². The van der Waals surface area contributed by atoms with Crippen LogP contribution in [0.5, 0.6) is 5.75 Å². The summed E-state index contributed by atoms with van der Waals surface area (Å²) in [5.41, 5.74) is 0.736. The van der Waals surface area contributed by atoms with Gasteiger partial charge in [0.15, 0.2) is 0 Å². The second-order valence-electron chi connectivity index (χ2n) is 5.55. The fourth-order valence-electron chi connectivity index (χ4n) is 2.82. The molecule has 0 bridgehead atoms. The number of hydrogen-bond acceptors (Lipinski definition) is 5. The topological polar surface area (TPSA) is 80.7 Å². The van der Waals surface area contributed by atoms with Gasteiger partial charge in [-0.1, -0.05) is 18.2 Å². The molecule has 0 unspecified atom stereocenters. The van der Waals surface area contributed by atoms with Crippen LogP contribution in [0.1, 0.15) is 5.56 Å². The molecule has 4 aromatic rings. The third kappa shape index (κ3) is 2.10. The Morgan fingerprint density at radius 1 is 0.917 bits per heavy atom. The Morgan fingerprint density at radius 3 is 2.54 bits per heavy atom. The molecule has 0 aliphatic rings. The van der Waals surface area contributed by atoms with Gasteiger partial charge >= 0.3 is 11.3 Å². The summed E-state index contributed by atoms with van der Waals surface area (Å²) < 4.78 is 10.6. The minimum atomic E-state index is -0.598. The molecule has 2 aromatic heterocycles. The summed E-state index contributed by atoms with van der Waals surface area (Å²) >= 11 is 0. The van der Waals surface area contributed by atoms with Crippen LogP contribution in [-0.4, -0.2) is 5.11 Å². The average Bonchev–Trinajstić information content (AvgIpc) is 2.57. The molecule has 5 nitrogen and oxygen atoms in total. The minimum Gasteiger partial charge on any atom is -0.508 e. The predicted molar refractivity (Wildman–Crippen MR) is 90.4 cm³/mol. The first-order valence-electron chi connectivity index (χ1n) is 7.34. The van der Waals surface area contributed by atoms with Crippen molar-refractivity contribution in [3.05, 3.63) is 74.9 Å². The lowest BCUT2D eigenvalue weighted by atomic mass is 10.0. The maximum atomic E-state index is 12.4. The maximum absolute atomic E-state index is 12.4. The number of phenols is 1. The smallest absolute Gasteiger partial charge is 0.344 e. The molecule has 118 valence electrons. The van der Waals surface area contributed by atoms with Crippen molar-refractivity contribution < 1.29 is 13.9 Å². The van der Waals surface area contributed by atoms with Crippen LogP contribution in [0.2, 0.25) is 0 Å². The van der Waals surface area contributed by atoms with Crippen LogP contribution < -0.4 is 11.3 Å². The van der Waals surface area contributed by atoms with Gasteiger partial charge in [0.2, 0.25) is 0 Å². The number of phenolic OH excluding ortho intramolecular Hbond substituents is 1. The SMILES string of the molecule is Cc1c(O)ccc2c(-c3cc4ccccc4oc3=O)cc(=O)oc12. The van der Waals surface area contributed by atoms with E-state index in [1.54, 1.807) is 31.2 Å². The van der Waals surface area contributed by atoms with Crippen molar-refractivity contribution >= 4 is 21.9 Å². The summed E-state index contributed by atoms with van der Waals surface area (Å²) in [6.07, 6.45) is 0. The zero-order chi connectivity index (χ0) is 16.8. The highest BCUT2D eigenvalue weighted by atomic mass is 16.4. The normalized spacial score (nSPS) is 11.2. The lowest BCUT2D eigenvalue weighted by Crippen LogP contribution is -2.06. The molecule has 5 heteroatoms. The second kappa shape index (κ2) is 5.09. The Hall–Kier alpha value is -3.34. The van der Waals surface area contributed by atoms with Crippen molar-refractivity contribution in [2.45, 2.75) is 6.92 Å². The Labute approximate surface area is 135 Å². The maximum Gasteiger partial charge on any atom is 0.344 e. The lowest BCUT2D eigenvalue weighted by molar-refractivity contribution is 0.468. The predicted octanol–water partition coefficient (Wildman–Crippen LogP) is 3.58. The van der Waals surface area contributed by atoms with E-state index in [0.29, 0.717) is 22.1 Å². The first-order valence-corrected chi connectivity index (χ1v) is 7.34. The van der Waals surface area contributed by atoms with Gasteiger partial charge in [-0.25, -0.2) is 9.59 Å². The molecule has 24 heavy (non-hydrogen) atoms. The van der Waals surface area contributed by atoms with Crippen molar-refractivity contribution in [3.63, 3.8) is 0 Å². The third-order valence-corrected chi connectivity index (χ3v) is 4.06. The zero-order valence-electron chi connectivity index (χ0n) is 12.7. The monoisotopic (exact) mass is 320 g/mol. The molecule has 2 aromatic carbocycles. The molecule has 0 spiro atoms. The van der Waals surface area contributed by atoms with Gasteiger partial charge < -0.3 is 13.9 Å². The largest absolute Gasteiger partial charge is 0.508 e. The lowest BCUT2D eigenvalue weighted by Gasteiger charge is -2.08. The van der Waals surface area contributed by atoms with Crippen molar-refractivity contribution in [1.82, 2.24) is 0 Å². The Morgan fingerprint density at radius 2 is 1.71 bits per heavy atom. The van der Waals surface area contributed by atoms with Crippen LogP contribution in [0.25, 0.3) is 33.1 Å². The molecule has 0 fully saturated rings. The zero-order valence-corrected chi connectivity index (χ0v) is 12.7. The summed E-state index contributed by atoms with van der Waals surface area (Å²) in [6, 6.07) is 13.2. The highest BCUT2D eigenvalue weighted by Crippen LogP contribution is 2.32. The Kier molecular flexibility index (Phi) is 3.03. The number of rotatable bonds is 1. The van der Waals surface area contributed by atoms with Gasteiger partial charge in [-0.3, -0.25) is 0 Å². The molecule has 0 radical (unpaired) electrons. The molecule has 0 aliphatic carbocycles. The van der Waals surface area contributed by atoms with E-state index in [0.717, 1.165) is 5.39 Å². The van der Waals surface area contributed by atoms with E-state index in [9.17, 15) is 14.7 Å². The molecular weight excluding hydrogens is 308 g/mol. The molecule has 4 rings (SSSR count). The summed E-state index contributed by atoms with van der Waals surface area (Å²) in [6.45, 7) is 1.65. The fraction of sp³-hybridized carbons (Fsp3) is 0.0526. The van der Waals surface area contributed by atoms with Crippen LogP contribution in [0.4, 0.5) is 0 Å². The molecule has 1 N–H and O–H groups in total. The summed E-state index contributed by atoms with van der Waals surface area (Å²) in [7, 11) is 0. The van der Waals surface area contributed by atoms with Crippen molar-refractivity contribution in [2.75, 3.05) is 0 Å². The molecule has 0 atom stereocenters. The Balaban J connectivity index is 2.14. The van der Waals surface area contributed by atoms with E-state index < -0.39 is 11.3 Å². The van der Waals surface area contributed by atoms with E-state index in [4.69, 9.17) is 8.83 Å². The summed E-state index contributed by atoms with van der Waals surface area (Å²) in [5, 5.41) is 11.1. The molecule has 0 saturated heterocycles. The molecule has 2 heterocycles. The van der Waals surface area contributed by atoms with E-state index >= 15 is 0 Å². The number of para-hydroxylation sites is 1. The van der Waals surface area contributed by atoms with E-state index in [1.807, 2.05) is 12.1 Å². The van der Waals surface area contributed by atoms with Gasteiger partial charge in [0.1, 0.15) is 16.9 Å². The standard InChI is InChI=1S/C19H12O5/c1-10-15(20)7-6-12-13(9-17(21)24-18(10)12)14-8-11-4-2-3-5-16(11)23-19(14)22/h2-9,20H,1H3. The highest BCUT2D eigenvalue weighted by molar-refractivity contribution is 5.96. The number of hydrogen-bond donors (Lipinski definition) is 1. The van der Waals surface area contributed by atoms with Crippen LogP contribution in [0.15, 0.2) is 67.0 Å². The molecular formula is C19H12O5. The van der Waals surface area contributed by atoms with Gasteiger partial charge in [-0.05, 0) is 31.2 Å². The fourth-order valence-corrected chi connectivity index (χ4v) is 2.82. The van der Waals surface area contributed by atoms with Crippen molar-refractivity contribution in [3.8, 4) is 16.9 Å². The van der Waals surface area contributed by atoms with Gasteiger partial charge in [-0.2, -0.15) is 0 Å². The van der Waals surface area contributed by atoms with Gasteiger partial charge in [0, 0.05) is 28.0 Å². The van der Waals surface area contributed by atoms with Crippen LogP contribution >= 0.6 is 0 Å². The van der Waals surface area contributed by atoms with Crippen LogP contribution in [0, 0.1) is 6.92 Å². The number of benzene rings is 2. The highest BCUT2D eigenvalue weighted by Gasteiger charge is 2.15. The number of aromatic hydroxyl groups is 1. The molecule has 0 saturated carbocycles. The second-order valence-corrected chi connectivity index (χ2v) is 5.55. The third-order valence-electron chi connectivity index (χ3n) is 4.06. The van der Waals surface area contributed by atoms with Gasteiger partial charge in [0.05, 0.1) is 5.56 Å². The van der Waals surface area contributed by atoms with E-state index in [-0.39, 0.29) is 16.9 Å². The first-order chi connectivity index (χ1) is 11.5. The quantitative estimate of drug-likeness (QED) is 0.542. The number of fused-ring (bicyclic) bond motifs is 2. The Bertz CT molecular complexity index is 1210. The van der Waals surface area contributed by atoms with E-state index in [1.165, 1.54) is 12.1 Å². The molecule has 0 amide bonds. The van der Waals surface area contributed by atoms with Crippen molar-refractivity contribution in [2.24, 2.45) is 0 Å². The number of aryl methyl sites for hydroxylation is 1. The minimum absolute atomic E-state index is 0.0216. The van der Waals surface area contributed by atoms with Gasteiger partial charge in [0.25, 0.3) is 0 Å². The van der Waals surface area contributed by atoms with Crippen LogP contribution in [0.3, 0.4) is 0 Å². The molecule has 0 aliphatic heterocycles. The summed E-state index contributed by atoms with van der Waals surface area (Å²) in [4.78, 5) is 24.3. The van der Waals surface area contributed by atoms with Crippen LogP contribution in [-0.2, 0) is 0 Å². The first kappa shape index (κ1) is 14.3. The van der Waals surface area contributed by atoms with E-state index in [2.05, 4.69) is 0 Å². The average molecular weight is 320 g/mol.